The molecule has 19 heavy (non-hydrogen) atoms. The molecule has 0 unspecified atom stereocenters. The molecule has 0 saturated carbocycles. The van der Waals surface area contributed by atoms with E-state index in [1.54, 1.807) is 18.2 Å². The molecular weight excluding hydrogens is 268 g/mol. The monoisotopic (exact) mass is 278 g/mol. The van der Waals surface area contributed by atoms with Gasteiger partial charge in [0.25, 0.3) is 0 Å². The Hall–Kier alpha value is -2.14. The normalized spacial score (nSPS) is 10.2. The Bertz CT molecular complexity index is 599. The largest absolute Gasteiger partial charge is 0.481 e. The molecular formula is C13H11ClN2O3. The number of halogens is 1. The highest BCUT2D eigenvalue weighted by molar-refractivity contribution is 6.33. The van der Waals surface area contributed by atoms with Gasteiger partial charge in [0.1, 0.15) is 0 Å². The van der Waals surface area contributed by atoms with Crippen molar-refractivity contribution in [2.45, 2.75) is 6.42 Å². The fourth-order valence-corrected chi connectivity index (χ4v) is 1.79. The van der Waals surface area contributed by atoms with E-state index in [9.17, 15) is 4.79 Å². The zero-order valence-electron chi connectivity index (χ0n) is 10.1. The van der Waals surface area contributed by atoms with Crippen LogP contribution in [0.4, 0.5) is 0 Å². The quantitative estimate of drug-likeness (QED) is 0.930. The minimum absolute atomic E-state index is 0.0549. The van der Waals surface area contributed by atoms with Gasteiger partial charge in [0, 0.05) is 17.8 Å². The minimum Gasteiger partial charge on any atom is -0.481 e. The fraction of sp³-hybridized carbons (Fsp3) is 0.154. The standard InChI is InChI=1S/C13H11ClN2O3/c1-19-12-5-9(10(14)7-16-12)11-3-2-8(6-15-11)4-13(17)18/h2-3,5-7H,4H2,1H3,(H,17,18). The maximum Gasteiger partial charge on any atom is 0.307 e. The second kappa shape index (κ2) is 5.67. The molecule has 0 radical (unpaired) electrons. The lowest BCUT2D eigenvalue weighted by molar-refractivity contribution is -0.136. The first-order valence-corrected chi connectivity index (χ1v) is 5.84. The number of hydrogen-bond donors (Lipinski definition) is 1. The molecule has 2 aromatic heterocycles. The molecule has 0 bridgehead atoms. The number of methoxy groups -OCH3 is 1. The summed E-state index contributed by atoms with van der Waals surface area (Å²) >= 11 is 6.06. The molecule has 1 N–H and O–H groups in total. The van der Waals surface area contributed by atoms with E-state index in [0.29, 0.717) is 27.7 Å². The number of rotatable bonds is 4. The van der Waals surface area contributed by atoms with Crippen molar-refractivity contribution in [3.05, 3.63) is 41.2 Å². The highest BCUT2D eigenvalue weighted by Crippen LogP contribution is 2.28. The van der Waals surface area contributed by atoms with E-state index in [1.165, 1.54) is 19.5 Å². The molecule has 2 heterocycles. The minimum atomic E-state index is -0.891. The van der Waals surface area contributed by atoms with E-state index in [0.717, 1.165) is 0 Å². The highest BCUT2D eigenvalue weighted by atomic mass is 35.5. The van der Waals surface area contributed by atoms with Crippen molar-refractivity contribution in [1.82, 2.24) is 9.97 Å². The van der Waals surface area contributed by atoms with Crippen LogP contribution in [0, 0.1) is 0 Å². The first kappa shape index (κ1) is 13.3. The number of aromatic nitrogens is 2. The maximum atomic E-state index is 10.6. The van der Waals surface area contributed by atoms with E-state index < -0.39 is 5.97 Å². The van der Waals surface area contributed by atoms with Crippen LogP contribution in [0.5, 0.6) is 5.88 Å². The first-order chi connectivity index (χ1) is 9.10. The number of carboxylic acid groups (broad SMARTS) is 1. The van der Waals surface area contributed by atoms with Gasteiger partial charge in [-0.15, -0.1) is 0 Å². The van der Waals surface area contributed by atoms with E-state index >= 15 is 0 Å². The molecule has 5 nitrogen and oxygen atoms in total. The van der Waals surface area contributed by atoms with Gasteiger partial charge in [-0.2, -0.15) is 0 Å². The number of hydrogen-bond acceptors (Lipinski definition) is 4. The fourth-order valence-electron chi connectivity index (χ4n) is 1.59. The van der Waals surface area contributed by atoms with Crippen molar-refractivity contribution in [3.63, 3.8) is 0 Å². The van der Waals surface area contributed by atoms with Gasteiger partial charge in [0.05, 0.1) is 30.4 Å². The summed E-state index contributed by atoms with van der Waals surface area (Å²) < 4.78 is 5.03. The van der Waals surface area contributed by atoms with Crippen LogP contribution in [0.1, 0.15) is 5.56 Å². The molecule has 98 valence electrons. The molecule has 6 heteroatoms. The van der Waals surface area contributed by atoms with Gasteiger partial charge in [0.15, 0.2) is 0 Å². The van der Waals surface area contributed by atoms with Crippen molar-refractivity contribution in [2.75, 3.05) is 7.11 Å². The SMILES string of the molecule is COc1cc(-c2ccc(CC(=O)O)cn2)c(Cl)cn1. The van der Waals surface area contributed by atoms with Crippen LogP contribution in [0.25, 0.3) is 11.3 Å². The van der Waals surface area contributed by atoms with Crippen molar-refractivity contribution in [2.24, 2.45) is 0 Å². The van der Waals surface area contributed by atoms with Crippen LogP contribution < -0.4 is 4.74 Å². The summed E-state index contributed by atoms with van der Waals surface area (Å²) in [5, 5.41) is 9.15. The Labute approximate surface area is 114 Å². The van der Waals surface area contributed by atoms with E-state index in [4.69, 9.17) is 21.4 Å². The zero-order chi connectivity index (χ0) is 13.8. The second-order valence-corrected chi connectivity index (χ2v) is 4.24. The third kappa shape index (κ3) is 3.20. The summed E-state index contributed by atoms with van der Waals surface area (Å²) in [6.45, 7) is 0. The van der Waals surface area contributed by atoms with Crippen molar-refractivity contribution in [1.29, 1.82) is 0 Å². The van der Waals surface area contributed by atoms with E-state index in [-0.39, 0.29) is 6.42 Å². The van der Waals surface area contributed by atoms with Gasteiger partial charge in [0.2, 0.25) is 5.88 Å². The molecule has 0 amide bonds. The smallest absolute Gasteiger partial charge is 0.307 e. The predicted octanol–water partition coefficient (Wildman–Crippen LogP) is 2.43. The first-order valence-electron chi connectivity index (χ1n) is 5.47. The summed E-state index contributed by atoms with van der Waals surface area (Å²) in [6.07, 6.45) is 2.95. The molecule has 0 aliphatic carbocycles. The third-order valence-corrected chi connectivity index (χ3v) is 2.80. The van der Waals surface area contributed by atoms with Crippen molar-refractivity contribution >= 4 is 17.6 Å². The second-order valence-electron chi connectivity index (χ2n) is 3.83. The van der Waals surface area contributed by atoms with Crippen LogP contribution in [0.3, 0.4) is 0 Å². The summed E-state index contributed by atoms with van der Waals surface area (Å²) in [6, 6.07) is 5.11. The Morgan fingerprint density at radius 2 is 2.16 bits per heavy atom. The zero-order valence-corrected chi connectivity index (χ0v) is 10.9. The van der Waals surface area contributed by atoms with Crippen LogP contribution in [-0.2, 0) is 11.2 Å². The summed E-state index contributed by atoms with van der Waals surface area (Å²) in [4.78, 5) is 18.8. The molecule has 0 aliphatic rings. The third-order valence-electron chi connectivity index (χ3n) is 2.50. The van der Waals surface area contributed by atoms with Gasteiger partial charge in [-0.1, -0.05) is 17.7 Å². The average molecular weight is 279 g/mol. The number of carboxylic acids is 1. The van der Waals surface area contributed by atoms with Crippen molar-refractivity contribution in [3.8, 4) is 17.1 Å². The molecule has 0 fully saturated rings. The molecule has 0 saturated heterocycles. The van der Waals surface area contributed by atoms with E-state index in [1.807, 2.05) is 0 Å². The Morgan fingerprint density at radius 3 is 2.74 bits per heavy atom. The van der Waals surface area contributed by atoms with Gasteiger partial charge >= 0.3 is 5.97 Å². The molecule has 0 atom stereocenters. The number of carbonyl (C=O) groups is 1. The molecule has 2 aromatic rings. The molecule has 0 aromatic carbocycles. The van der Waals surface area contributed by atoms with Crippen molar-refractivity contribution < 1.29 is 14.6 Å². The van der Waals surface area contributed by atoms with Gasteiger partial charge in [-0.25, -0.2) is 4.98 Å². The van der Waals surface area contributed by atoms with Crippen LogP contribution >= 0.6 is 11.6 Å². The summed E-state index contributed by atoms with van der Waals surface area (Å²) in [5.74, 6) is -0.450. The topological polar surface area (TPSA) is 72.3 Å². The number of ether oxygens (including phenoxy) is 1. The summed E-state index contributed by atoms with van der Waals surface area (Å²) in [7, 11) is 1.52. The Balaban J connectivity index is 2.34. The number of pyridine rings is 2. The molecule has 0 spiro atoms. The van der Waals surface area contributed by atoms with Crippen LogP contribution in [0.15, 0.2) is 30.6 Å². The van der Waals surface area contributed by atoms with Crippen LogP contribution in [-0.4, -0.2) is 28.2 Å². The lowest BCUT2D eigenvalue weighted by Crippen LogP contribution is -2.00. The summed E-state index contributed by atoms with van der Waals surface area (Å²) in [5.41, 5.74) is 1.96. The lowest BCUT2D eigenvalue weighted by atomic mass is 10.1. The lowest BCUT2D eigenvalue weighted by Gasteiger charge is -2.06. The maximum absolute atomic E-state index is 10.6. The van der Waals surface area contributed by atoms with Crippen LogP contribution in [0.2, 0.25) is 5.02 Å². The molecule has 2 rings (SSSR count). The predicted molar refractivity (Wildman–Crippen MR) is 70.4 cm³/mol. The van der Waals surface area contributed by atoms with Gasteiger partial charge in [-0.05, 0) is 11.6 Å². The average Bonchev–Trinajstić information content (AvgIpc) is 2.40. The highest BCUT2D eigenvalue weighted by Gasteiger charge is 2.08. The van der Waals surface area contributed by atoms with Gasteiger partial charge < -0.3 is 9.84 Å². The Kier molecular flexibility index (Phi) is 3.97. The van der Waals surface area contributed by atoms with Gasteiger partial charge in [-0.3, -0.25) is 9.78 Å². The Morgan fingerprint density at radius 1 is 1.37 bits per heavy atom. The number of nitrogens with zero attached hydrogens (tertiary/aromatic N) is 2. The van der Waals surface area contributed by atoms with E-state index in [2.05, 4.69) is 9.97 Å². The number of aliphatic carboxylic acids is 1. The molecule has 0 aliphatic heterocycles.